The Labute approximate surface area is 219 Å². The summed E-state index contributed by atoms with van der Waals surface area (Å²) in [7, 11) is 0. The zero-order chi connectivity index (χ0) is 25.0. The number of pyridine rings is 1. The van der Waals surface area contributed by atoms with Gasteiger partial charge in [-0.25, -0.2) is 0 Å². The van der Waals surface area contributed by atoms with Crippen LogP contribution in [0.1, 0.15) is 69.8 Å². The Kier molecular flexibility index (Phi) is 4.80. The Morgan fingerprint density at radius 1 is 1.08 bits per heavy atom. The topological polar surface area (TPSA) is 71.6 Å². The molecule has 0 radical (unpaired) electrons. The lowest BCUT2D eigenvalue weighted by Gasteiger charge is -2.56. The molecule has 3 aliphatic heterocycles. The van der Waals surface area contributed by atoms with Crippen molar-refractivity contribution in [3.63, 3.8) is 0 Å². The highest BCUT2D eigenvalue weighted by Crippen LogP contribution is 2.69. The number of nitrogens with zero attached hydrogens (tertiary/aromatic N) is 2. The standard InChI is InChI=1S/C32H39N3O2/c1-30-11-8-24-17-23-4-6-27(35-15-10-25(33)19-35)29(36)32(23)13-12-31(24,37-32)28(30)7-5-26(30)21-3-2-20-9-14-34-18-22(20)16-21/h2-3,8-9,14,16-18,25-29,36H,4-7,10-13,15,19,33H2,1H3/t25-,26?,27-,28-,29-,30-,31?,32+/m1/s1. The lowest BCUT2D eigenvalue weighted by atomic mass is 9.58. The maximum Gasteiger partial charge on any atom is 0.118 e. The number of aliphatic hydroxyl groups is 1. The van der Waals surface area contributed by atoms with E-state index >= 15 is 0 Å². The molecule has 5 heteroatoms. The molecule has 6 aliphatic rings. The Hall–Kier alpha value is -2.05. The van der Waals surface area contributed by atoms with Crippen molar-refractivity contribution in [3.8, 4) is 0 Å². The van der Waals surface area contributed by atoms with E-state index in [1.807, 2.05) is 12.4 Å². The number of rotatable bonds is 2. The molecule has 8 atom stereocenters. The van der Waals surface area contributed by atoms with E-state index in [1.54, 1.807) is 0 Å². The van der Waals surface area contributed by atoms with Crippen molar-refractivity contribution >= 4 is 10.8 Å². The fourth-order valence-corrected chi connectivity index (χ4v) is 9.77. The Morgan fingerprint density at radius 3 is 2.84 bits per heavy atom. The van der Waals surface area contributed by atoms with Crippen LogP contribution in [0.15, 0.2) is 60.0 Å². The van der Waals surface area contributed by atoms with Crippen LogP contribution in [-0.4, -0.2) is 57.5 Å². The molecule has 2 aromatic rings. The van der Waals surface area contributed by atoms with Crippen LogP contribution in [0.5, 0.6) is 0 Å². The molecule has 0 amide bonds. The molecular formula is C32H39N3O2. The van der Waals surface area contributed by atoms with Crippen LogP contribution < -0.4 is 5.73 Å². The van der Waals surface area contributed by atoms with Gasteiger partial charge in [-0.05, 0) is 103 Å². The predicted octanol–water partition coefficient (Wildman–Crippen LogP) is 4.85. The fraction of sp³-hybridized carbons (Fsp3) is 0.594. The van der Waals surface area contributed by atoms with Crippen LogP contribution >= 0.6 is 0 Å². The van der Waals surface area contributed by atoms with Gasteiger partial charge in [0.15, 0.2) is 0 Å². The van der Waals surface area contributed by atoms with Gasteiger partial charge in [-0.2, -0.15) is 0 Å². The zero-order valence-corrected chi connectivity index (χ0v) is 21.9. The first-order valence-electron chi connectivity index (χ1n) is 14.6. The summed E-state index contributed by atoms with van der Waals surface area (Å²) >= 11 is 0. The molecule has 4 fully saturated rings. The minimum atomic E-state index is -0.516. The summed E-state index contributed by atoms with van der Waals surface area (Å²) in [5, 5.41) is 14.4. The second kappa shape index (κ2) is 7.75. The van der Waals surface area contributed by atoms with Crippen LogP contribution in [0.2, 0.25) is 0 Å². The maximum atomic E-state index is 11.9. The normalized spacial score (nSPS) is 44.8. The van der Waals surface area contributed by atoms with E-state index in [0.29, 0.717) is 11.8 Å². The first-order valence-corrected chi connectivity index (χ1v) is 14.6. The van der Waals surface area contributed by atoms with Gasteiger partial charge in [0, 0.05) is 43.0 Å². The van der Waals surface area contributed by atoms with Gasteiger partial charge < -0.3 is 15.6 Å². The number of benzene rings is 1. The SMILES string of the molecule is C[C@]12CC=C3C=C4CC[C@@H](N5CC[C@@H](N)C5)[C@@H](O)[C@]45CCC3(O5)[C@@H]1CCC2c1ccc2ccncc2c1. The fourth-order valence-electron chi connectivity index (χ4n) is 9.77. The molecule has 2 saturated heterocycles. The quantitative estimate of drug-likeness (QED) is 0.621. The van der Waals surface area contributed by atoms with Gasteiger partial charge in [0.1, 0.15) is 11.7 Å². The van der Waals surface area contributed by atoms with Crippen molar-refractivity contribution in [2.45, 2.75) is 93.6 Å². The third-order valence-electron chi connectivity index (χ3n) is 11.6. The van der Waals surface area contributed by atoms with Crippen LogP contribution in [0.3, 0.4) is 0 Å². The van der Waals surface area contributed by atoms with E-state index < -0.39 is 11.7 Å². The lowest BCUT2D eigenvalue weighted by Crippen LogP contribution is -2.62. The summed E-state index contributed by atoms with van der Waals surface area (Å²) in [6.07, 6.45) is 16.9. The molecule has 2 bridgehead atoms. The third kappa shape index (κ3) is 2.97. The summed E-state index contributed by atoms with van der Waals surface area (Å²) in [5.41, 5.74) is 9.84. The lowest BCUT2D eigenvalue weighted by molar-refractivity contribution is -0.185. The Balaban J connectivity index is 1.15. The molecule has 2 saturated carbocycles. The average molecular weight is 498 g/mol. The molecule has 2 unspecified atom stereocenters. The van der Waals surface area contributed by atoms with Crippen molar-refractivity contribution in [1.29, 1.82) is 0 Å². The summed E-state index contributed by atoms with van der Waals surface area (Å²) in [6.45, 7) is 4.42. The number of aliphatic hydroxyl groups excluding tert-OH is 1. The highest BCUT2D eigenvalue weighted by Gasteiger charge is 2.68. The van der Waals surface area contributed by atoms with Crippen molar-refractivity contribution in [1.82, 2.24) is 9.88 Å². The van der Waals surface area contributed by atoms with Crippen molar-refractivity contribution in [3.05, 3.63) is 65.5 Å². The molecular weight excluding hydrogens is 458 g/mol. The van der Waals surface area contributed by atoms with Gasteiger partial charge in [-0.3, -0.25) is 9.88 Å². The van der Waals surface area contributed by atoms with Crippen molar-refractivity contribution in [2.75, 3.05) is 13.1 Å². The number of hydrogen-bond acceptors (Lipinski definition) is 5. The van der Waals surface area contributed by atoms with E-state index in [2.05, 4.69) is 53.2 Å². The molecule has 8 rings (SSSR count). The molecule has 37 heavy (non-hydrogen) atoms. The molecule has 5 nitrogen and oxygen atoms in total. The first kappa shape index (κ1) is 22.9. The van der Waals surface area contributed by atoms with Crippen LogP contribution in [0.4, 0.5) is 0 Å². The van der Waals surface area contributed by atoms with E-state index in [9.17, 15) is 5.11 Å². The van der Waals surface area contributed by atoms with Gasteiger partial charge in [-0.1, -0.05) is 31.2 Å². The number of aromatic nitrogens is 1. The number of allylic oxidation sites excluding steroid dienone is 1. The maximum absolute atomic E-state index is 11.9. The number of hydrogen-bond donors (Lipinski definition) is 2. The van der Waals surface area contributed by atoms with Crippen molar-refractivity contribution < 1.29 is 9.84 Å². The van der Waals surface area contributed by atoms with Crippen LogP contribution in [0.25, 0.3) is 10.8 Å². The molecule has 4 heterocycles. The van der Waals surface area contributed by atoms with E-state index in [0.717, 1.165) is 51.6 Å². The number of likely N-dealkylation sites (tertiary alicyclic amines) is 1. The van der Waals surface area contributed by atoms with E-state index in [1.165, 1.54) is 40.3 Å². The summed E-state index contributed by atoms with van der Waals surface area (Å²) in [5.74, 6) is 0.981. The summed E-state index contributed by atoms with van der Waals surface area (Å²) in [4.78, 5) is 6.83. The van der Waals surface area contributed by atoms with Crippen LogP contribution in [0, 0.1) is 11.3 Å². The van der Waals surface area contributed by atoms with Gasteiger partial charge >= 0.3 is 0 Å². The van der Waals surface area contributed by atoms with Gasteiger partial charge in [0.05, 0.1) is 5.60 Å². The predicted molar refractivity (Wildman–Crippen MR) is 145 cm³/mol. The smallest absolute Gasteiger partial charge is 0.118 e. The largest absolute Gasteiger partial charge is 0.388 e. The van der Waals surface area contributed by atoms with Crippen LogP contribution in [-0.2, 0) is 4.74 Å². The number of nitrogens with two attached hydrogens (primary N) is 1. The van der Waals surface area contributed by atoms with Crippen molar-refractivity contribution in [2.24, 2.45) is 17.1 Å². The zero-order valence-electron chi connectivity index (χ0n) is 21.9. The monoisotopic (exact) mass is 497 g/mol. The molecule has 3 aliphatic carbocycles. The minimum absolute atomic E-state index is 0.150. The van der Waals surface area contributed by atoms with Gasteiger partial charge in [0.25, 0.3) is 0 Å². The average Bonchev–Trinajstić information content (AvgIpc) is 3.59. The Bertz CT molecular complexity index is 1340. The molecule has 2 spiro atoms. The summed E-state index contributed by atoms with van der Waals surface area (Å²) in [6, 6.07) is 9.49. The molecule has 194 valence electrons. The Morgan fingerprint density at radius 2 is 1.97 bits per heavy atom. The first-order chi connectivity index (χ1) is 17.9. The second-order valence-corrected chi connectivity index (χ2v) is 13.2. The molecule has 1 aromatic heterocycles. The highest BCUT2D eigenvalue weighted by atomic mass is 16.5. The summed E-state index contributed by atoms with van der Waals surface area (Å²) < 4.78 is 7.39. The molecule has 1 aromatic carbocycles. The van der Waals surface area contributed by atoms with E-state index in [4.69, 9.17) is 10.5 Å². The van der Waals surface area contributed by atoms with E-state index in [-0.39, 0.29) is 23.1 Å². The molecule has 3 N–H and O–H groups in total. The highest BCUT2D eigenvalue weighted by molar-refractivity contribution is 5.82. The third-order valence-corrected chi connectivity index (χ3v) is 11.6. The minimum Gasteiger partial charge on any atom is -0.388 e. The number of ether oxygens (including phenoxy) is 1. The second-order valence-electron chi connectivity index (χ2n) is 13.2. The van der Waals surface area contributed by atoms with Gasteiger partial charge in [0.2, 0.25) is 0 Å². The van der Waals surface area contributed by atoms with Gasteiger partial charge in [-0.15, -0.1) is 0 Å². The number of fused-ring (bicyclic) bond motifs is 2.